The van der Waals surface area contributed by atoms with Crippen molar-refractivity contribution in [2.75, 3.05) is 20.2 Å². The average Bonchev–Trinajstić information content (AvgIpc) is 3.05. The molecule has 1 saturated heterocycles. The first kappa shape index (κ1) is 21.9. The second kappa shape index (κ2) is 8.30. The number of imidazole rings is 1. The summed E-state index contributed by atoms with van der Waals surface area (Å²) >= 11 is 6.47. The third-order valence-corrected chi connectivity index (χ3v) is 5.41. The zero-order valence-electron chi connectivity index (χ0n) is 15.9. The summed E-state index contributed by atoms with van der Waals surface area (Å²) in [6, 6.07) is 0. The lowest BCUT2D eigenvalue weighted by atomic mass is 9.93. The van der Waals surface area contributed by atoms with E-state index in [1.165, 1.54) is 11.7 Å². The molecule has 0 N–H and O–H groups in total. The summed E-state index contributed by atoms with van der Waals surface area (Å²) in [5, 5.41) is 0. The highest BCUT2D eigenvalue weighted by molar-refractivity contribution is 9.11. The van der Waals surface area contributed by atoms with Gasteiger partial charge in [0.1, 0.15) is 10.2 Å². The van der Waals surface area contributed by atoms with E-state index in [1.807, 2.05) is 6.92 Å². The molecule has 0 aliphatic carbocycles. The smallest absolute Gasteiger partial charge is 0.410 e. The minimum absolute atomic E-state index is 0.0164. The van der Waals surface area contributed by atoms with Crippen LogP contribution in [0.5, 0.6) is 0 Å². The van der Waals surface area contributed by atoms with Gasteiger partial charge in [-0.05, 0) is 58.5 Å². The van der Waals surface area contributed by atoms with E-state index in [-0.39, 0.29) is 36.4 Å². The molecule has 2 atom stereocenters. The fourth-order valence-corrected chi connectivity index (χ4v) is 4.23. The van der Waals surface area contributed by atoms with E-state index < -0.39 is 17.7 Å². The summed E-state index contributed by atoms with van der Waals surface area (Å²) in [4.78, 5) is 42.8. The van der Waals surface area contributed by atoms with Crippen LogP contribution in [0.1, 0.15) is 38.2 Å². The normalized spacial score (nSPS) is 19.9. The van der Waals surface area contributed by atoms with E-state index >= 15 is 0 Å². The molecule has 1 aliphatic rings. The maximum absolute atomic E-state index is 12.9. The number of Topliss-reactive ketones (excluding diaryl/α,β-unsaturated/α-hetero) is 1. The fraction of sp³-hybridized carbons (Fsp3) is 0.647. The molecule has 0 spiro atoms. The second-order valence-corrected chi connectivity index (χ2v) is 8.99. The van der Waals surface area contributed by atoms with Crippen LogP contribution in [0.25, 0.3) is 0 Å². The monoisotopic (exact) mass is 507 g/mol. The van der Waals surface area contributed by atoms with Crippen LogP contribution in [-0.2, 0) is 20.8 Å². The number of hydrogen-bond donors (Lipinski definition) is 0. The van der Waals surface area contributed by atoms with Gasteiger partial charge in [0.25, 0.3) is 0 Å². The van der Waals surface area contributed by atoms with Crippen molar-refractivity contribution in [3.8, 4) is 0 Å². The molecule has 1 fully saturated rings. The fourth-order valence-electron chi connectivity index (χ4n) is 2.97. The van der Waals surface area contributed by atoms with Crippen molar-refractivity contribution in [2.24, 2.45) is 11.8 Å². The summed E-state index contributed by atoms with van der Waals surface area (Å²) in [5.41, 5.74) is -0.432. The largest absolute Gasteiger partial charge is 0.464 e. The highest BCUT2D eigenvalue weighted by atomic mass is 79.9. The number of likely N-dealkylation sites (tertiary alicyclic amines) is 1. The number of ether oxygens (including phenoxy) is 2. The lowest BCUT2D eigenvalue weighted by Crippen LogP contribution is -2.36. The summed E-state index contributed by atoms with van der Waals surface area (Å²) in [7, 11) is 1.26. The Hall–Kier alpha value is -1.42. The minimum atomic E-state index is -0.595. The molecule has 1 aliphatic heterocycles. The van der Waals surface area contributed by atoms with Gasteiger partial charge in [0.15, 0.2) is 16.2 Å². The van der Waals surface area contributed by atoms with E-state index in [4.69, 9.17) is 9.47 Å². The number of nitrogens with zero attached hydrogens (tertiary/aromatic N) is 3. The van der Waals surface area contributed by atoms with Crippen molar-refractivity contribution >= 4 is 49.7 Å². The number of carbonyl (C=O) groups excluding carboxylic acids is 3. The predicted octanol–water partition coefficient (Wildman–Crippen LogP) is 3.27. The van der Waals surface area contributed by atoms with Crippen molar-refractivity contribution in [2.45, 2.75) is 39.8 Å². The van der Waals surface area contributed by atoms with Gasteiger partial charge in [-0.2, -0.15) is 0 Å². The quantitative estimate of drug-likeness (QED) is 0.580. The van der Waals surface area contributed by atoms with Crippen molar-refractivity contribution in [1.82, 2.24) is 14.5 Å². The molecule has 0 saturated carbocycles. The number of methoxy groups -OCH3 is 1. The topological polar surface area (TPSA) is 90.7 Å². The number of hydrogen-bond acceptors (Lipinski definition) is 6. The van der Waals surface area contributed by atoms with Crippen LogP contribution in [0.2, 0.25) is 0 Å². The maximum Gasteiger partial charge on any atom is 0.410 e. The molecule has 10 heteroatoms. The number of ketones is 1. The molecule has 0 bridgehead atoms. The van der Waals surface area contributed by atoms with Crippen LogP contribution in [0.3, 0.4) is 0 Å². The predicted molar refractivity (Wildman–Crippen MR) is 104 cm³/mol. The standard InChI is InChI=1S/C17H23Br2N3O5/c1-9-6-21(16(25)27-17(2,3)4)7-10(9)11(23)8-22-12(14(24)26-5)13(18)20-15(22)19/h9-10H,6-8H2,1-5H3/t9-,10-/m0/s1. The van der Waals surface area contributed by atoms with Crippen molar-refractivity contribution < 1.29 is 23.9 Å². The second-order valence-electron chi connectivity index (χ2n) is 7.53. The molecule has 1 amide bonds. The van der Waals surface area contributed by atoms with Crippen LogP contribution < -0.4 is 0 Å². The Morgan fingerprint density at radius 1 is 1.22 bits per heavy atom. The Morgan fingerprint density at radius 3 is 2.41 bits per heavy atom. The zero-order chi connectivity index (χ0) is 20.5. The van der Waals surface area contributed by atoms with Crippen LogP contribution in [0.15, 0.2) is 9.34 Å². The third-order valence-electron chi connectivity index (χ3n) is 4.25. The van der Waals surface area contributed by atoms with Crippen LogP contribution in [0.4, 0.5) is 4.79 Å². The van der Waals surface area contributed by atoms with E-state index in [0.29, 0.717) is 15.9 Å². The first-order chi connectivity index (χ1) is 12.4. The Labute approximate surface area is 174 Å². The van der Waals surface area contributed by atoms with Gasteiger partial charge in [0.2, 0.25) is 0 Å². The summed E-state index contributed by atoms with van der Waals surface area (Å²) in [6.07, 6.45) is -0.425. The molecular formula is C17H23Br2N3O5. The first-order valence-corrected chi connectivity index (χ1v) is 10.0. The highest BCUT2D eigenvalue weighted by Crippen LogP contribution is 2.28. The van der Waals surface area contributed by atoms with Gasteiger partial charge in [0.05, 0.1) is 13.7 Å². The Balaban J connectivity index is 2.13. The van der Waals surface area contributed by atoms with Gasteiger partial charge < -0.3 is 18.9 Å². The lowest BCUT2D eigenvalue weighted by Gasteiger charge is -2.24. The third kappa shape index (κ3) is 5.10. The summed E-state index contributed by atoms with van der Waals surface area (Å²) in [6.45, 7) is 8.01. The Morgan fingerprint density at radius 2 is 1.85 bits per heavy atom. The SMILES string of the molecule is COC(=O)c1c(Br)nc(Br)n1CC(=O)[C@H]1CN(C(=O)OC(C)(C)C)C[C@@H]1C. The Kier molecular flexibility index (Phi) is 6.72. The minimum Gasteiger partial charge on any atom is -0.464 e. The van der Waals surface area contributed by atoms with Gasteiger partial charge in [-0.25, -0.2) is 14.6 Å². The lowest BCUT2D eigenvalue weighted by molar-refractivity contribution is -0.124. The van der Waals surface area contributed by atoms with E-state index in [2.05, 4.69) is 36.8 Å². The molecule has 0 aromatic carbocycles. The molecule has 8 nitrogen and oxygen atoms in total. The van der Waals surface area contributed by atoms with Crippen molar-refractivity contribution in [1.29, 1.82) is 0 Å². The van der Waals surface area contributed by atoms with Crippen molar-refractivity contribution in [3.63, 3.8) is 0 Å². The van der Waals surface area contributed by atoms with Gasteiger partial charge in [0, 0.05) is 19.0 Å². The van der Waals surface area contributed by atoms with E-state index in [0.717, 1.165) is 0 Å². The van der Waals surface area contributed by atoms with Crippen molar-refractivity contribution in [3.05, 3.63) is 15.0 Å². The number of carbonyl (C=O) groups is 3. The molecule has 27 heavy (non-hydrogen) atoms. The van der Waals surface area contributed by atoms with E-state index in [1.54, 1.807) is 25.7 Å². The van der Waals surface area contributed by atoms with Crippen LogP contribution >= 0.6 is 31.9 Å². The highest BCUT2D eigenvalue weighted by Gasteiger charge is 2.39. The number of esters is 1. The van der Waals surface area contributed by atoms with E-state index in [9.17, 15) is 14.4 Å². The molecule has 1 aromatic rings. The maximum atomic E-state index is 12.9. The molecular weight excluding hydrogens is 486 g/mol. The summed E-state index contributed by atoms with van der Waals surface area (Å²) in [5.74, 6) is -1.06. The number of halogens is 2. The zero-order valence-corrected chi connectivity index (χ0v) is 19.1. The van der Waals surface area contributed by atoms with Gasteiger partial charge >= 0.3 is 12.1 Å². The average molecular weight is 509 g/mol. The molecule has 2 heterocycles. The van der Waals surface area contributed by atoms with Gasteiger partial charge in [-0.15, -0.1) is 0 Å². The van der Waals surface area contributed by atoms with Crippen LogP contribution in [-0.4, -0.2) is 58.1 Å². The molecule has 150 valence electrons. The molecule has 0 unspecified atom stereocenters. The Bertz CT molecular complexity index is 756. The van der Waals surface area contributed by atoms with Crippen LogP contribution in [0, 0.1) is 11.8 Å². The first-order valence-electron chi connectivity index (χ1n) is 8.45. The number of amides is 1. The van der Waals surface area contributed by atoms with Gasteiger partial charge in [-0.1, -0.05) is 6.92 Å². The number of aromatic nitrogens is 2. The molecule has 0 radical (unpaired) electrons. The van der Waals surface area contributed by atoms with Gasteiger partial charge in [-0.3, -0.25) is 4.79 Å². The number of rotatable bonds is 4. The summed E-state index contributed by atoms with van der Waals surface area (Å²) < 4.78 is 12.3. The molecule has 1 aromatic heterocycles. The molecule has 2 rings (SSSR count).